The maximum atomic E-state index is 10.9. The van der Waals surface area contributed by atoms with Crippen molar-refractivity contribution in [1.82, 2.24) is 9.78 Å². The van der Waals surface area contributed by atoms with Crippen molar-refractivity contribution < 1.29 is 9.59 Å². The molecule has 1 heterocycles. The minimum atomic E-state index is -0.181. The van der Waals surface area contributed by atoms with Crippen molar-refractivity contribution in [1.29, 1.82) is 0 Å². The van der Waals surface area contributed by atoms with E-state index in [1.54, 1.807) is 13.0 Å². The first-order valence-electron chi connectivity index (χ1n) is 3.61. The zero-order valence-corrected chi connectivity index (χ0v) is 7.29. The van der Waals surface area contributed by atoms with E-state index in [-0.39, 0.29) is 11.7 Å². The third-order valence-electron chi connectivity index (χ3n) is 1.55. The van der Waals surface area contributed by atoms with Crippen LogP contribution in [0.2, 0.25) is 0 Å². The lowest BCUT2D eigenvalue weighted by Gasteiger charge is -1.94. The standard InChI is InChI=1S/C8H10N2O2/c1-5-4-8(6(2)11)9-10(5)7(3)12/h4H,1-3H3. The van der Waals surface area contributed by atoms with E-state index in [0.717, 1.165) is 0 Å². The first-order valence-corrected chi connectivity index (χ1v) is 3.61. The van der Waals surface area contributed by atoms with Gasteiger partial charge in [0.1, 0.15) is 5.69 Å². The number of aromatic nitrogens is 2. The van der Waals surface area contributed by atoms with Crippen molar-refractivity contribution in [3.05, 3.63) is 17.5 Å². The fraction of sp³-hybridized carbons (Fsp3) is 0.375. The van der Waals surface area contributed by atoms with Crippen molar-refractivity contribution in [2.45, 2.75) is 20.8 Å². The van der Waals surface area contributed by atoms with Crippen LogP contribution >= 0.6 is 0 Å². The van der Waals surface area contributed by atoms with Gasteiger partial charge in [-0.25, -0.2) is 4.68 Å². The number of rotatable bonds is 1. The fourth-order valence-corrected chi connectivity index (χ4v) is 0.965. The molecule has 0 aliphatic heterocycles. The van der Waals surface area contributed by atoms with Crippen LogP contribution in [0.5, 0.6) is 0 Å². The molecule has 0 aliphatic rings. The molecule has 0 aromatic carbocycles. The number of nitrogens with zero attached hydrogens (tertiary/aromatic N) is 2. The van der Waals surface area contributed by atoms with Gasteiger partial charge < -0.3 is 0 Å². The average molecular weight is 166 g/mol. The lowest BCUT2D eigenvalue weighted by atomic mass is 10.3. The Morgan fingerprint density at radius 1 is 1.42 bits per heavy atom. The normalized spacial score (nSPS) is 9.92. The summed E-state index contributed by atoms with van der Waals surface area (Å²) >= 11 is 0. The Hall–Kier alpha value is -1.45. The van der Waals surface area contributed by atoms with E-state index in [2.05, 4.69) is 5.10 Å². The van der Waals surface area contributed by atoms with Crippen LogP contribution in [-0.4, -0.2) is 21.5 Å². The van der Waals surface area contributed by atoms with Crippen LogP contribution in [0.1, 0.15) is 34.8 Å². The molecule has 1 aromatic rings. The molecular weight excluding hydrogens is 156 g/mol. The molecular formula is C8H10N2O2. The third kappa shape index (κ3) is 1.42. The first kappa shape index (κ1) is 8.64. The zero-order valence-electron chi connectivity index (χ0n) is 7.29. The molecule has 0 saturated carbocycles. The fourth-order valence-electron chi connectivity index (χ4n) is 0.965. The van der Waals surface area contributed by atoms with Crippen molar-refractivity contribution in [2.24, 2.45) is 0 Å². The lowest BCUT2D eigenvalue weighted by Crippen LogP contribution is -2.10. The van der Waals surface area contributed by atoms with Crippen LogP contribution in [0, 0.1) is 6.92 Å². The summed E-state index contributed by atoms with van der Waals surface area (Å²) in [6, 6.07) is 1.60. The molecule has 12 heavy (non-hydrogen) atoms. The summed E-state index contributed by atoms with van der Waals surface area (Å²) in [5.74, 6) is -0.307. The van der Waals surface area contributed by atoms with E-state index in [0.29, 0.717) is 11.4 Å². The number of ketones is 1. The number of carbonyl (C=O) groups excluding carboxylic acids is 2. The smallest absolute Gasteiger partial charge is 0.243 e. The molecule has 0 aliphatic carbocycles. The Morgan fingerprint density at radius 3 is 2.25 bits per heavy atom. The SMILES string of the molecule is CC(=O)c1cc(C)n(C(C)=O)n1. The highest BCUT2D eigenvalue weighted by molar-refractivity contribution is 5.92. The van der Waals surface area contributed by atoms with Gasteiger partial charge in [0.15, 0.2) is 5.78 Å². The molecule has 1 rings (SSSR count). The molecule has 1 aromatic heterocycles. The number of hydrogen-bond donors (Lipinski definition) is 0. The number of hydrogen-bond acceptors (Lipinski definition) is 3. The summed E-state index contributed by atoms with van der Waals surface area (Å²) in [5, 5.41) is 3.83. The van der Waals surface area contributed by atoms with Crippen molar-refractivity contribution >= 4 is 11.7 Å². The molecule has 0 amide bonds. The summed E-state index contributed by atoms with van der Waals surface area (Å²) in [6.07, 6.45) is 0. The summed E-state index contributed by atoms with van der Waals surface area (Å²) < 4.78 is 1.22. The highest BCUT2D eigenvalue weighted by atomic mass is 16.2. The Labute approximate surface area is 70.2 Å². The van der Waals surface area contributed by atoms with Crippen LogP contribution < -0.4 is 0 Å². The van der Waals surface area contributed by atoms with E-state index in [1.807, 2.05) is 0 Å². The summed E-state index contributed by atoms with van der Waals surface area (Å²) in [4.78, 5) is 21.7. The predicted molar refractivity (Wildman–Crippen MR) is 43.3 cm³/mol. The molecule has 0 N–H and O–H groups in total. The Morgan fingerprint density at radius 2 is 2.00 bits per heavy atom. The topological polar surface area (TPSA) is 52.0 Å². The highest BCUT2D eigenvalue weighted by Crippen LogP contribution is 2.03. The van der Waals surface area contributed by atoms with Crippen molar-refractivity contribution in [2.75, 3.05) is 0 Å². The summed E-state index contributed by atoms with van der Waals surface area (Å²) in [7, 11) is 0. The lowest BCUT2D eigenvalue weighted by molar-refractivity contribution is 0.0918. The van der Waals surface area contributed by atoms with E-state index >= 15 is 0 Å². The Balaban J connectivity index is 3.17. The van der Waals surface area contributed by atoms with Gasteiger partial charge in [-0.3, -0.25) is 9.59 Å². The van der Waals surface area contributed by atoms with Crippen LogP contribution in [0.15, 0.2) is 6.07 Å². The van der Waals surface area contributed by atoms with Gasteiger partial charge in [-0.15, -0.1) is 0 Å². The van der Waals surface area contributed by atoms with E-state index in [1.165, 1.54) is 18.5 Å². The molecule has 0 saturated heterocycles. The number of carbonyl (C=O) groups is 2. The molecule has 0 bridgehead atoms. The van der Waals surface area contributed by atoms with E-state index in [4.69, 9.17) is 0 Å². The van der Waals surface area contributed by atoms with Gasteiger partial charge in [-0.1, -0.05) is 0 Å². The van der Waals surface area contributed by atoms with Crippen molar-refractivity contribution in [3.63, 3.8) is 0 Å². The Kier molecular flexibility index (Phi) is 2.08. The molecule has 0 spiro atoms. The summed E-state index contributed by atoms with van der Waals surface area (Å²) in [6.45, 7) is 4.57. The van der Waals surface area contributed by atoms with Crippen LogP contribution in [0.3, 0.4) is 0 Å². The predicted octanol–water partition coefficient (Wildman–Crippen LogP) is 1.05. The molecule has 0 fully saturated rings. The quantitative estimate of drug-likeness (QED) is 0.586. The van der Waals surface area contributed by atoms with E-state index < -0.39 is 0 Å². The van der Waals surface area contributed by atoms with Gasteiger partial charge >= 0.3 is 0 Å². The number of aryl methyl sites for hydroxylation is 1. The molecule has 0 radical (unpaired) electrons. The zero-order chi connectivity index (χ0) is 9.30. The minimum Gasteiger partial charge on any atom is -0.293 e. The largest absolute Gasteiger partial charge is 0.293 e. The second-order valence-corrected chi connectivity index (χ2v) is 2.66. The first-order chi connectivity index (χ1) is 5.52. The van der Waals surface area contributed by atoms with Gasteiger partial charge in [0.25, 0.3) is 0 Å². The average Bonchev–Trinajstić information content (AvgIpc) is 2.30. The second-order valence-electron chi connectivity index (χ2n) is 2.66. The van der Waals surface area contributed by atoms with Gasteiger partial charge in [0, 0.05) is 19.5 Å². The Bertz CT molecular complexity index is 339. The van der Waals surface area contributed by atoms with Gasteiger partial charge in [0.05, 0.1) is 0 Å². The van der Waals surface area contributed by atoms with E-state index in [9.17, 15) is 9.59 Å². The molecule has 4 nitrogen and oxygen atoms in total. The summed E-state index contributed by atoms with van der Waals surface area (Å²) in [5.41, 5.74) is 1.02. The second kappa shape index (κ2) is 2.89. The molecule has 64 valence electrons. The maximum Gasteiger partial charge on any atom is 0.243 e. The van der Waals surface area contributed by atoms with Gasteiger partial charge in [-0.05, 0) is 13.0 Å². The van der Waals surface area contributed by atoms with Crippen molar-refractivity contribution in [3.8, 4) is 0 Å². The minimum absolute atomic E-state index is 0.127. The molecule has 0 unspecified atom stereocenters. The van der Waals surface area contributed by atoms with Gasteiger partial charge in [0.2, 0.25) is 5.91 Å². The van der Waals surface area contributed by atoms with Crippen LogP contribution in [0.25, 0.3) is 0 Å². The molecule has 0 atom stereocenters. The third-order valence-corrected chi connectivity index (χ3v) is 1.55. The molecule has 4 heteroatoms. The van der Waals surface area contributed by atoms with Crippen LogP contribution in [0.4, 0.5) is 0 Å². The van der Waals surface area contributed by atoms with Gasteiger partial charge in [-0.2, -0.15) is 5.10 Å². The maximum absolute atomic E-state index is 10.9. The monoisotopic (exact) mass is 166 g/mol. The highest BCUT2D eigenvalue weighted by Gasteiger charge is 2.09. The van der Waals surface area contributed by atoms with Crippen LogP contribution in [-0.2, 0) is 0 Å². The number of Topliss-reactive ketones (excluding diaryl/α,β-unsaturated/α-hetero) is 1.